The van der Waals surface area contributed by atoms with E-state index in [0.29, 0.717) is 38.0 Å². The number of amides is 1. The van der Waals surface area contributed by atoms with Crippen LogP contribution in [-0.2, 0) is 11.3 Å². The van der Waals surface area contributed by atoms with E-state index in [1.807, 2.05) is 11.8 Å². The van der Waals surface area contributed by atoms with E-state index in [1.54, 1.807) is 0 Å². The Balaban J connectivity index is 1.95. The van der Waals surface area contributed by atoms with Crippen LogP contribution >= 0.6 is 0 Å². The summed E-state index contributed by atoms with van der Waals surface area (Å²) in [6.45, 7) is 6.70. The topological polar surface area (TPSA) is 97.3 Å². The Kier molecular flexibility index (Phi) is 4.04. The zero-order valence-electron chi connectivity index (χ0n) is 11.5. The van der Waals surface area contributed by atoms with Crippen molar-refractivity contribution in [2.75, 3.05) is 24.5 Å². The quantitative estimate of drug-likeness (QED) is 0.718. The summed E-state index contributed by atoms with van der Waals surface area (Å²) in [5, 5.41) is 11.2. The number of hydrogen-bond donors (Lipinski definition) is 2. The second kappa shape index (κ2) is 5.56. The van der Waals surface area contributed by atoms with E-state index in [-0.39, 0.29) is 5.91 Å². The maximum atomic E-state index is 11.4. The van der Waals surface area contributed by atoms with E-state index < -0.39 is 5.41 Å². The van der Waals surface area contributed by atoms with Crippen molar-refractivity contribution in [2.24, 2.45) is 11.1 Å². The highest BCUT2D eigenvalue weighted by Gasteiger charge is 2.40. The van der Waals surface area contributed by atoms with Crippen molar-refractivity contribution < 1.29 is 9.21 Å². The first kappa shape index (κ1) is 13.8. The van der Waals surface area contributed by atoms with Crippen LogP contribution in [0.3, 0.4) is 0 Å². The molecular weight excluding hydrogens is 246 g/mol. The molecule has 1 fully saturated rings. The highest BCUT2D eigenvalue weighted by atomic mass is 16.4. The molecule has 3 N–H and O–H groups in total. The lowest BCUT2D eigenvalue weighted by molar-refractivity contribution is -0.125. The summed E-state index contributed by atoms with van der Waals surface area (Å²) in [6.07, 6.45) is 1.78. The van der Waals surface area contributed by atoms with Gasteiger partial charge in [-0.1, -0.05) is 12.0 Å². The number of carbonyl (C=O) groups is 1. The number of carbonyl (C=O) groups excluding carboxylic acids is 1. The van der Waals surface area contributed by atoms with Crippen molar-refractivity contribution >= 4 is 11.9 Å². The first-order valence-corrected chi connectivity index (χ1v) is 6.63. The van der Waals surface area contributed by atoms with E-state index in [1.165, 1.54) is 0 Å². The van der Waals surface area contributed by atoms with E-state index in [4.69, 9.17) is 10.2 Å². The lowest BCUT2D eigenvalue weighted by Gasteiger charge is -2.19. The van der Waals surface area contributed by atoms with Crippen LogP contribution in [0, 0.1) is 5.41 Å². The van der Waals surface area contributed by atoms with Gasteiger partial charge in [0.05, 0.1) is 12.0 Å². The molecule has 7 heteroatoms. The lowest BCUT2D eigenvalue weighted by atomic mass is 9.89. The number of primary amides is 1. The fraction of sp³-hybridized carbons (Fsp3) is 0.750. The molecule has 1 atom stereocenters. The van der Waals surface area contributed by atoms with E-state index in [9.17, 15) is 4.79 Å². The Morgan fingerprint density at radius 2 is 2.37 bits per heavy atom. The fourth-order valence-electron chi connectivity index (χ4n) is 2.14. The van der Waals surface area contributed by atoms with E-state index in [0.717, 1.165) is 13.0 Å². The Hall–Kier alpha value is -1.63. The molecule has 1 aliphatic rings. The maximum absolute atomic E-state index is 11.4. The molecule has 0 saturated carbocycles. The third-order valence-corrected chi connectivity index (χ3v) is 3.50. The number of nitrogens with one attached hydrogen (secondary N) is 1. The zero-order valence-corrected chi connectivity index (χ0v) is 11.5. The van der Waals surface area contributed by atoms with Crippen LogP contribution in [0.5, 0.6) is 0 Å². The number of rotatable bonds is 6. The van der Waals surface area contributed by atoms with E-state index in [2.05, 4.69) is 22.4 Å². The SMILES string of the molecule is CCCNCc1nnc(N2CCC(C)(C(N)=O)C2)o1. The van der Waals surface area contributed by atoms with Gasteiger partial charge in [-0.2, -0.15) is 0 Å². The first-order valence-electron chi connectivity index (χ1n) is 6.63. The van der Waals surface area contributed by atoms with Crippen molar-refractivity contribution in [3.05, 3.63) is 5.89 Å². The molecule has 1 unspecified atom stereocenters. The van der Waals surface area contributed by atoms with Crippen LogP contribution in [0.4, 0.5) is 6.01 Å². The molecule has 1 amide bonds. The molecule has 2 rings (SSSR count). The summed E-state index contributed by atoms with van der Waals surface area (Å²) in [5.41, 5.74) is 4.91. The average molecular weight is 267 g/mol. The second-order valence-corrected chi connectivity index (χ2v) is 5.25. The molecule has 0 bridgehead atoms. The van der Waals surface area contributed by atoms with Gasteiger partial charge in [0.15, 0.2) is 0 Å². The first-order chi connectivity index (χ1) is 9.05. The monoisotopic (exact) mass is 267 g/mol. The van der Waals surface area contributed by atoms with Crippen molar-refractivity contribution in [1.29, 1.82) is 0 Å². The minimum atomic E-state index is -0.505. The van der Waals surface area contributed by atoms with Gasteiger partial charge in [-0.3, -0.25) is 4.79 Å². The van der Waals surface area contributed by atoms with E-state index >= 15 is 0 Å². The summed E-state index contributed by atoms with van der Waals surface area (Å²) in [5.74, 6) is 0.287. The molecule has 0 aromatic carbocycles. The van der Waals surface area contributed by atoms with Gasteiger partial charge in [0, 0.05) is 13.1 Å². The van der Waals surface area contributed by atoms with Gasteiger partial charge >= 0.3 is 6.01 Å². The molecule has 0 aliphatic carbocycles. The van der Waals surface area contributed by atoms with Gasteiger partial charge in [-0.25, -0.2) is 0 Å². The summed E-state index contributed by atoms with van der Waals surface area (Å²) < 4.78 is 5.58. The molecule has 0 radical (unpaired) electrons. The summed E-state index contributed by atoms with van der Waals surface area (Å²) in [6, 6.07) is 0.471. The smallest absolute Gasteiger partial charge is 0.318 e. The van der Waals surface area contributed by atoms with Crippen molar-refractivity contribution in [1.82, 2.24) is 15.5 Å². The zero-order chi connectivity index (χ0) is 13.9. The van der Waals surface area contributed by atoms with Gasteiger partial charge in [0.1, 0.15) is 0 Å². The maximum Gasteiger partial charge on any atom is 0.318 e. The Labute approximate surface area is 112 Å². The highest BCUT2D eigenvalue weighted by molar-refractivity contribution is 5.81. The highest BCUT2D eigenvalue weighted by Crippen LogP contribution is 2.32. The van der Waals surface area contributed by atoms with Gasteiger partial charge < -0.3 is 20.4 Å². The summed E-state index contributed by atoms with van der Waals surface area (Å²) >= 11 is 0. The number of nitrogens with zero attached hydrogens (tertiary/aromatic N) is 3. The average Bonchev–Trinajstić information content (AvgIpc) is 2.97. The Morgan fingerprint density at radius 3 is 3.00 bits per heavy atom. The molecule has 106 valence electrons. The molecular formula is C12H21N5O2. The number of hydrogen-bond acceptors (Lipinski definition) is 6. The third kappa shape index (κ3) is 3.04. The molecule has 0 spiro atoms. The molecule has 2 heterocycles. The number of aromatic nitrogens is 2. The third-order valence-electron chi connectivity index (χ3n) is 3.50. The van der Waals surface area contributed by atoms with Crippen molar-refractivity contribution in [2.45, 2.75) is 33.2 Å². The standard InChI is InChI=1S/C12H21N5O2/c1-3-5-14-7-9-15-16-11(19-9)17-6-4-12(2,8-17)10(13)18/h14H,3-8H2,1-2H3,(H2,13,18). The van der Waals surface area contributed by atoms with Gasteiger partial charge in [0.2, 0.25) is 11.8 Å². The lowest BCUT2D eigenvalue weighted by Crippen LogP contribution is -2.37. The number of anilines is 1. The second-order valence-electron chi connectivity index (χ2n) is 5.25. The van der Waals surface area contributed by atoms with Gasteiger partial charge in [-0.15, -0.1) is 5.10 Å². The van der Waals surface area contributed by atoms with Gasteiger partial charge in [-0.05, 0) is 26.3 Å². The summed E-state index contributed by atoms with van der Waals surface area (Å²) in [4.78, 5) is 13.3. The fourth-order valence-corrected chi connectivity index (χ4v) is 2.14. The molecule has 1 aromatic heterocycles. The van der Waals surface area contributed by atoms with Crippen LogP contribution in [0.2, 0.25) is 0 Å². The predicted octanol–water partition coefficient (Wildman–Crippen LogP) is 0.271. The van der Waals surface area contributed by atoms with Crippen molar-refractivity contribution in [3.63, 3.8) is 0 Å². The molecule has 7 nitrogen and oxygen atoms in total. The largest absolute Gasteiger partial charge is 0.407 e. The van der Waals surface area contributed by atoms with Crippen LogP contribution in [-0.4, -0.2) is 35.7 Å². The van der Waals surface area contributed by atoms with Crippen LogP contribution < -0.4 is 16.0 Å². The van der Waals surface area contributed by atoms with Crippen LogP contribution in [0.1, 0.15) is 32.6 Å². The predicted molar refractivity (Wildman–Crippen MR) is 70.4 cm³/mol. The normalized spacial score (nSPS) is 22.9. The van der Waals surface area contributed by atoms with Crippen LogP contribution in [0.25, 0.3) is 0 Å². The van der Waals surface area contributed by atoms with Crippen molar-refractivity contribution in [3.8, 4) is 0 Å². The molecule has 19 heavy (non-hydrogen) atoms. The summed E-state index contributed by atoms with van der Waals surface area (Å²) in [7, 11) is 0. The molecule has 1 saturated heterocycles. The Morgan fingerprint density at radius 1 is 1.58 bits per heavy atom. The van der Waals surface area contributed by atoms with Gasteiger partial charge in [0.25, 0.3) is 0 Å². The number of nitrogens with two attached hydrogens (primary N) is 1. The van der Waals surface area contributed by atoms with Crippen LogP contribution in [0.15, 0.2) is 4.42 Å². The minimum absolute atomic E-state index is 0.278. The Bertz CT molecular complexity index is 447. The minimum Gasteiger partial charge on any atom is -0.407 e. The molecule has 1 aromatic rings. The molecule has 1 aliphatic heterocycles.